The van der Waals surface area contributed by atoms with Crippen LogP contribution in [0.2, 0.25) is 0 Å². The Morgan fingerprint density at radius 1 is 1.04 bits per heavy atom. The van der Waals surface area contributed by atoms with E-state index in [0.29, 0.717) is 16.8 Å². The van der Waals surface area contributed by atoms with Crippen LogP contribution in [0.1, 0.15) is 37.7 Å². The van der Waals surface area contributed by atoms with Gasteiger partial charge in [0.25, 0.3) is 5.78 Å². The van der Waals surface area contributed by atoms with Gasteiger partial charge in [0.1, 0.15) is 12.1 Å². The van der Waals surface area contributed by atoms with Crippen molar-refractivity contribution >= 4 is 11.6 Å². The van der Waals surface area contributed by atoms with E-state index in [4.69, 9.17) is 10.2 Å². The molecular weight excluding hydrogens is 324 g/mol. The van der Waals surface area contributed by atoms with Gasteiger partial charge in [0.2, 0.25) is 0 Å². The van der Waals surface area contributed by atoms with Crippen molar-refractivity contribution in [3.05, 3.63) is 42.2 Å². The maximum atomic E-state index is 9.03. The van der Waals surface area contributed by atoms with Crippen LogP contribution in [0, 0.1) is 16.7 Å². The molecule has 3 heterocycles. The lowest BCUT2D eigenvalue weighted by Gasteiger charge is -2.48. The first-order chi connectivity index (χ1) is 12.8. The highest BCUT2D eigenvalue weighted by molar-refractivity contribution is 5.66. The molecule has 3 aromatic rings. The predicted molar refractivity (Wildman–Crippen MR) is 98.7 cm³/mol. The third-order valence-electron chi connectivity index (χ3n) is 6.11. The molecule has 2 fully saturated rings. The monoisotopic (exact) mass is 344 g/mol. The fourth-order valence-corrected chi connectivity index (χ4v) is 4.27. The number of benzene rings is 1. The van der Waals surface area contributed by atoms with Crippen molar-refractivity contribution in [3.63, 3.8) is 0 Å². The van der Waals surface area contributed by atoms with Crippen molar-refractivity contribution in [1.29, 1.82) is 5.26 Å². The van der Waals surface area contributed by atoms with Crippen molar-refractivity contribution in [1.82, 2.24) is 19.6 Å². The number of nitrogens with zero attached hydrogens (tertiary/aromatic N) is 6. The fraction of sp³-hybridized carbons (Fsp3) is 0.400. The molecule has 1 saturated carbocycles. The van der Waals surface area contributed by atoms with E-state index >= 15 is 0 Å². The first-order valence-electron chi connectivity index (χ1n) is 9.23. The zero-order valence-corrected chi connectivity index (χ0v) is 14.6. The molecule has 0 radical (unpaired) electrons. The highest BCUT2D eigenvalue weighted by Crippen LogP contribution is 2.49. The lowest BCUT2D eigenvalue weighted by atomic mass is 9.63. The molecule has 26 heavy (non-hydrogen) atoms. The summed E-state index contributed by atoms with van der Waals surface area (Å²) in [6.07, 6.45) is 8.26. The largest absolute Gasteiger partial charge is 0.356 e. The molecule has 0 amide bonds. The number of aromatic nitrogens is 4. The van der Waals surface area contributed by atoms with Crippen molar-refractivity contribution in [2.75, 3.05) is 18.0 Å². The molecule has 130 valence electrons. The van der Waals surface area contributed by atoms with Gasteiger partial charge in [-0.3, -0.25) is 0 Å². The Morgan fingerprint density at radius 3 is 2.46 bits per heavy atom. The normalized spacial score (nSPS) is 18.7. The van der Waals surface area contributed by atoms with Crippen molar-refractivity contribution < 1.29 is 0 Å². The van der Waals surface area contributed by atoms with E-state index in [0.717, 1.165) is 30.2 Å². The Bertz CT molecular complexity index is 983. The van der Waals surface area contributed by atoms with Crippen LogP contribution in [-0.4, -0.2) is 32.7 Å². The number of piperidine rings is 1. The smallest absolute Gasteiger partial charge is 0.254 e. The third-order valence-corrected chi connectivity index (χ3v) is 6.11. The Balaban J connectivity index is 1.52. The average molecular weight is 344 g/mol. The molecule has 0 unspecified atom stereocenters. The first-order valence-corrected chi connectivity index (χ1v) is 9.23. The second-order valence-corrected chi connectivity index (χ2v) is 7.50. The SMILES string of the molecule is N#Cc1ccc(-c2cc(N3CCC4(CCC4)CC3)nc3ncnn23)cc1. The minimum absolute atomic E-state index is 0.616. The fourth-order valence-electron chi connectivity index (χ4n) is 4.27. The van der Waals surface area contributed by atoms with Crippen LogP contribution in [0.4, 0.5) is 5.82 Å². The molecule has 0 atom stereocenters. The summed E-state index contributed by atoms with van der Waals surface area (Å²) in [5, 5.41) is 13.4. The van der Waals surface area contributed by atoms with E-state index < -0.39 is 0 Å². The maximum absolute atomic E-state index is 9.03. The van der Waals surface area contributed by atoms with Crippen LogP contribution in [0.25, 0.3) is 17.0 Å². The van der Waals surface area contributed by atoms with Gasteiger partial charge >= 0.3 is 0 Å². The molecule has 2 aliphatic rings. The number of hydrogen-bond acceptors (Lipinski definition) is 5. The highest BCUT2D eigenvalue weighted by Gasteiger charge is 2.39. The van der Waals surface area contributed by atoms with E-state index in [-0.39, 0.29) is 0 Å². The summed E-state index contributed by atoms with van der Waals surface area (Å²) in [5.74, 6) is 1.59. The summed E-state index contributed by atoms with van der Waals surface area (Å²) in [6, 6.07) is 11.8. The van der Waals surface area contributed by atoms with E-state index in [1.165, 1.54) is 32.1 Å². The Hall–Kier alpha value is -2.94. The summed E-state index contributed by atoms with van der Waals surface area (Å²) in [6.45, 7) is 2.12. The van der Waals surface area contributed by atoms with Crippen molar-refractivity contribution in [2.45, 2.75) is 32.1 Å². The molecule has 6 nitrogen and oxygen atoms in total. The summed E-state index contributed by atoms with van der Waals surface area (Å²) < 4.78 is 1.77. The molecule has 1 aliphatic heterocycles. The van der Waals surface area contributed by atoms with E-state index in [1.807, 2.05) is 24.3 Å². The molecule has 1 aliphatic carbocycles. The van der Waals surface area contributed by atoms with Crippen LogP contribution in [0.5, 0.6) is 0 Å². The zero-order valence-electron chi connectivity index (χ0n) is 14.6. The Kier molecular flexibility index (Phi) is 3.42. The van der Waals surface area contributed by atoms with Crippen molar-refractivity contribution in [3.8, 4) is 17.3 Å². The quantitative estimate of drug-likeness (QED) is 0.712. The van der Waals surface area contributed by atoms with Gasteiger partial charge in [-0.2, -0.15) is 24.8 Å². The van der Waals surface area contributed by atoms with Crippen LogP contribution in [0.3, 0.4) is 0 Å². The number of rotatable bonds is 2. The predicted octanol–water partition coefficient (Wildman–Crippen LogP) is 3.43. The van der Waals surface area contributed by atoms with Gasteiger partial charge in [0.15, 0.2) is 0 Å². The summed E-state index contributed by atoms with van der Waals surface area (Å²) in [4.78, 5) is 11.4. The lowest BCUT2D eigenvalue weighted by Crippen LogP contribution is -2.43. The van der Waals surface area contributed by atoms with Gasteiger partial charge in [-0.1, -0.05) is 18.6 Å². The summed E-state index contributed by atoms with van der Waals surface area (Å²) in [5.41, 5.74) is 3.23. The van der Waals surface area contributed by atoms with Crippen LogP contribution >= 0.6 is 0 Å². The first kappa shape index (κ1) is 15.3. The Morgan fingerprint density at radius 2 is 1.81 bits per heavy atom. The zero-order chi connectivity index (χ0) is 17.6. The summed E-state index contributed by atoms with van der Waals surface area (Å²) in [7, 11) is 0. The molecule has 0 bridgehead atoms. The second-order valence-electron chi connectivity index (χ2n) is 7.50. The van der Waals surface area contributed by atoms with Crippen molar-refractivity contribution in [2.24, 2.45) is 5.41 Å². The third kappa shape index (κ3) is 2.43. The molecule has 6 heteroatoms. The average Bonchev–Trinajstić information content (AvgIpc) is 3.15. The molecule has 1 aromatic carbocycles. The topological polar surface area (TPSA) is 70.1 Å². The number of hydrogen-bond donors (Lipinski definition) is 0. The number of anilines is 1. The molecular formula is C20H20N6. The second kappa shape index (κ2) is 5.80. The van der Waals surface area contributed by atoms with Crippen LogP contribution in [-0.2, 0) is 0 Å². The van der Waals surface area contributed by atoms with Gasteiger partial charge in [-0.15, -0.1) is 0 Å². The van der Waals surface area contributed by atoms with Crippen LogP contribution in [0.15, 0.2) is 36.7 Å². The molecule has 5 rings (SSSR count). The molecule has 0 N–H and O–H groups in total. The van der Waals surface area contributed by atoms with Gasteiger partial charge < -0.3 is 4.90 Å². The lowest BCUT2D eigenvalue weighted by molar-refractivity contribution is 0.0953. The Labute approximate surface area is 152 Å². The number of nitriles is 1. The standard InChI is InChI=1S/C20H20N6/c21-13-15-2-4-16(5-3-15)17-12-18(24-19-22-14-23-26(17)19)25-10-8-20(9-11-25)6-1-7-20/h2-5,12,14H,1,6-11H2. The molecule has 2 aromatic heterocycles. The van der Waals surface area contributed by atoms with E-state index in [1.54, 1.807) is 10.8 Å². The highest BCUT2D eigenvalue weighted by atomic mass is 15.3. The maximum Gasteiger partial charge on any atom is 0.254 e. The van der Waals surface area contributed by atoms with E-state index in [9.17, 15) is 0 Å². The minimum Gasteiger partial charge on any atom is -0.356 e. The number of fused-ring (bicyclic) bond motifs is 1. The van der Waals surface area contributed by atoms with Gasteiger partial charge in [-0.05, 0) is 43.2 Å². The van der Waals surface area contributed by atoms with E-state index in [2.05, 4.69) is 27.1 Å². The van der Waals surface area contributed by atoms with Gasteiger partial charge in [-0.25, -0.2) is 0 Å². The molecule has 1 spiro atoms. The van der Waals surface area contributed by atoms with Gasteiger partial charge in [0.05, 0.1) is 17.3 Å². The van der Waals surface area contributed by atoms with Gasteiger partial charge in [0, 0.05) is 24.7 Å². The minimum atomic E-state index is 0.616. The summed E-state index contributed by atoms with van der Waals surface area (Å²) >= 11 is 0. The molecule has 1 saturated heterocycles. The van der Waals surface area contributed by atoms with Crippen LogP contribution < -0.4 is 4.90 Å².